The van der Waals surface area contributed by atoms with Crippen LogP contribution in [0.2, 0.25) is 15.1 Å². The summed E-state index contributed by atoms with van der Waals surface area (Å²) in [5.74, 6) is 0.135. The molecule has 0 aromatic heterocycles. The van der Waals surface area contributed by atoms with E-state index in [1.165, 1.54) is 12.1 Å². The van der Waals surface area contributed by atoms with Crippen LogP contribution in [0.4, 0.5) is 0 Å². The highest BCUT2D eigenvalue weighted by Crippen LogP contribution is 2.35. The molecule has 0 unspecified atom stereocenters. The number of Topliss-reactive ketones (excluding diaryl/α,β-unsaturated/α-hetero) is 1. The quantitative estimate of drug-likeness (QED) is 0.683. The van der Waals surface area contributed by atoms with E-state index in [1.54, 1.807) is 6.07 Å². The Morgan fingerprint density at radius 1 is 1.05 bits per heavy atom. The van der Waals surface area contributed by atoms with Crippen LogP contribution < -0.4 is 4.74 Å². The van der Waals surface area contributed by atoms with E-state index in [4.69, 9.17) is 39.5 Å². The maximum absolute atomic E-state index is 12.2. The number of rotatable bonds is 4. The standard InChI is InChI=1S/C16H13Cl3O2/c1-9-3-4-12(10(2)5-9)15(20)8-21-16-13(18)6-11(17)7-14(16)19/h3-7H,8H2,1-2H3. The van der Waals surface area contributed by atoms with Crippen molar-refractivity contribution in [3.8, 4) is 5.75 Å². The minimum atomic E-state index is -0.134. The Hall–Kier alpha value is -1.22. The molecule has 0 heterocycles. The van der Waals surface area contributed by atoms with Gasteiger partial charge in [-0.1, -0.05) is 58.6 Å². The molecule has 2 aromatic carbocycles. The number of ketones is 1. The van der Waals surface area contributed by atoms with Crippen molar-refractivity contribution in [2.75, 3.05) is 6.61 Å². The van der Waals surface area contributed by atoms with Gasteiger partial charge in [-0.15, -0.1) is 0 Å². The van der Waals surface area contributed by atoms with E-state index in [9.17, 15) is 4.79 Å². The van der Waals surface area contributed by atoms with Crippen LogP contribution >= 0.6 is 34.8 Å². The lowest BCUT2D eigenvalue weighted by Gasteiger charge is -2.11. The van der Waals surface area contributed by atoms with E-state index in [1.807, 2.05) is 26.0 Å². The summed E-state index contributed by atoms with van der Waals surface area (Å²) >= 11 is 17.8. The summed E-state index contributed by atoms with van der Waals surface area (Å²) < 4.78 is 5.45. The summed E-state index contributed by atoms with van der Waals surface area (Å²) in [6, 6.07) is 8.68. The minimum absolute atomic E-state index is 0.130. The molecule has 0 saturated carbocycles. The van der Waals surface area contributed by atoms with Gasteiger partial charge in [-0.25, -0.2) is 0 Å². The van der Waals surface area contributed by atoms with Gasteiger partial charge in [0.1, 0.15) is 0 Å². The van der Waals surface area contributed by atoms with Gasteiger partial charge >= 0.3 is 0 Å². The minimum Gasteiger partial charge on any atom is -0.482 e. The molecule has 2 rings (SSSR count). The number of hydrogen-bond acceptors (Lipinski definition) is 2. The first-order valence-electron chi connectivity index (χ1n) is 6.26. The third kappa shape index (κ3) is 3.91. The third-order valence-electron chi connectivity index (χ3n) is 2.99. The van der Waals surface area contributed by atoms with Crippen molar-refractivity contribution < 1.29 is 9.53 Å². The van der Waals surface area contributed by atoms with Crippen LogP contribution in [0.1, 0.15) is 21.5 Å². The zero-order chi connectivity index (χ0) is 15.6. The van der Waals surface area contributed by atoms with Gasteiger partial charge in [0, 0.05) is 10.6 Å². The largest absolute Gasteiger partial charge is 0.482 e. The topological polar surface area (TPSA) is 26.3 Å². The fourth-order valence-electron chi connectivity index (χ4n) is 2.01. The molecule has 2 aromatic rings. The molecule has 2 nitrogen and oxygen atoms in total. The van der Waals surface area contributed by atoms with Gasteiger partial charge in [0.05, 0.1) is 10.0 Å². The van der Waals surface area contributed by atoms with Gasteiger partial charge in [0.2, 0.25) is 0 Å². The SMILES string of the molecule is Cc1ccc(C(=O)COc2c(Cl)cc(Cl)cc2Cl)c(C)c1. The summed E-state index contributed by atoms with van der Waals surface area (Å²) in [7, 11) is 0. The molecule has 5 heteroatoms. The zero-order valence-electron chi connectivity index (χ0n) is 11.5. The molecule has 21 heavy (non-hydrogen) atoms. The summed E-state index contributed by atoms with van der Waals surface area (Å²) in [6.45, 7) is 3.73. The molecule has 0 aliphatic rings. The molecule has 0 saturated heterocycles. The van der Waals surface area contributed by atoms with Gasteiger partial charge in [0.25, 0.3) is 0 Å². The summed E-state index contributed by atoms with van der Waals surface area (Å²) in [4.78, 5) is 12.2. The maximum Gasteiger partial charge on any atom is 0.200 e. The second kappa shape index (κ2) is 6.69. The Balaban J connectivity index is 2.15. The van der Waals surface area contributed by atoms with Crippen molar-refractivity contribution in [3.05, 3.63) is 62.1 Å². The first-order chi connectivity index (χ1) is 9.88. The maximum atomic E-state index is 12.2. The lowest BCUT2D eigenvalue weighted by molar-refractivity contribution is 0.0921. The molecule has 0 bridgehead atoms. The lowest BCUT2D eigenvalue weighted by Crippen LogP contribution is -2.13. The monoisotopic (exact) mass is 342 g/mol. The fraction of sp³-hybridized carbons (Fsp3) is 0.188. The highest BCUT2D eigenvalue weighted by Gasteiger charge is 2.14. The molecule has 0 radical (unpaired) electrons. The van der Waals surface area contributed by atoms with Gasteiger partial charge in [0.15, 0.2) is 18.1 Å². The van der Waals surface area contributed by atoms with Crippen molar-refractivity contribution in [2.24, 2.45) is 0 Å². The average Bonchev–Trinajstić information content (AvgIpc) is 2.36. The number of carbonyl (C=O) groups excluding carboxylic acids is 1. The lowest BCUT2D eigenvalue weighted by atomic mass is 10.0. The fourth-order valence-corrected chi connectivity index (χ4v) is 2.93. The molecule has 0 atom stereocenters. The van der Waals surface area contributed by atoms with E-state index in [-0.39, 0.29) is 28.2 Å². The van der Waals surface area contributed by atoms with Crippen molar-refractivity contribution >= 4 is 40.6 Å². The number of ether oxygens (including phenoxy) is 1. The Morgan fingerprint density at radius 2 is 1.67 bits per heavy atom. The molecule has 0 amide bonds. The first kappa shape index (κ1) is 16.2. The molecule has 0 fully saturated rings. The van der Waals surface area contributed by atoms with E-state index in [0.717, 1.165) is 11.1 Å². The van der Waals surface area contributed by atoms with E-state index in [0.29, 0.717) is 10.6 Å². The number of halogens is 3. The molecule has 0 aliphatic heterocycles. The Bertz CT molecular complexity index is 673. The summed E-state index contributed by atoms with van der Waals surface area (Å²) in [5.41, 5.74) is 2.65. The summed E-state index contributed by atoms with van der Waals surface area (Å²) in [5, 5.41) is 0.972. The highest BCUT2D eigenvalue weighted by atomic mass is 35.5. The van der Waals surface area contributed by atoms with Gasteiger partial charge < -0.3 is 4.74 Å². The van der Waals surface area contributed by atoms with Gasteiger partial charge in [-0.05, 0) is 31.5 Å². The highest BCUT2D eigenvalue weighted by molar-refractivity contribution is 6.40. The second-order valence-corrected chi connectivity index (χ2v) is 5.98. The van der Waals surface area contributed by atoms with E-state index in [2.05, 4.69) is 0 Å². The van der Waals surface area contributed by atoms with Crippen molar-refractivity contribution in [3.63, 3.8) is 0 Å². The second-order valence-electron chi connectivity index (χ2n) is 4.73. The number of benzene rings is 2. The van der Waals surface area contributed by atoms with Gasteiger partial charge in [-0.3, -0.25) is 4.79 Å². The van der Waals surface area contributed by atoms with Crippen LogP contribution in [0.3, 0.4) is 0 Å². The average molecular weight is 344 g/mol. The van der Waals surface area contributed by atoms with Crippen LogP contribution in [-0.4, -0.2) is 12.4 Å². The molecular formula is C16H13Cl3O2. The third-order valence-corrected chi connectivity index (χ3v) is 3.77. The normalized spacial score (nSPS) is 10.5. The van der Waals surface area contributed by atoms with Crippen LogP contribution in [0.15, 0.2) is 30.3 Å². The molecule has 110 valence electrons. The van der Waals surface area contributed by atoms with Crippen LogP contribution in [0, 0.1) is 13.8 Å². The van der Waals surface area contributed by atoms with Gasteiger partial charge in [-0.2, -0.15) is 0 Å². The molecular weight excluding hydrogens is 331 g/mol. The number of carbonyl (C=O) groups is 1. The summed E-state index contributed by atoms with van der Waals surface area (Å²) in [6.07, 6.45) is 0. The Morgan fingerprint density at radius 3 is 2.24 bits per heavy atom. The van der Waals surface area contributed by atoms with E-state index < -0.39 is 0 Å². The zero-order valence-corrected chi connectivity index (χ0v) is 13.8. The van der Waals surface area contributed by atoms with Crippen molar-refractivity contribution in [1.29, 1.82) is 0 Å². The first-order valence-corrected chi connectivity index (χ1v) is 7.39. The predicted octanol–water partition coefficient (Wildman–Crippen LogP) is 5.53. The Labute approximate surface area is 138 Å². The predicted molar refractivity (Wildman–Crippen MR) is 87.2 cm³/mol. The van der Waals surface area contributed by atoms with Crippen LogP contribution in [0.5, 0.6) is 5.75 Å². The molecule has 0 spiro atoms. The van der Waals surface area contributed by atoms with Crippen molar-refractivity contribution in [1.82, 2.24) is 0 Å². The Kier molecular flexibility index (Phi) is 5.15. The van der Waals surface area contributed by atoms with E-state index >= 15 is 0 Å². The number of hydrogen-bond donors (Lipinski definition) is 0. The smallest absolute Gasteiger partial charge is 0.200 e. The van der Waals surface area contributed by atoms with Crippen molar-refractivity contribution in [2.45, 2.75) is 13.8 Å². The molecule has 0 N–H and O–H groups in total. The van der Waals surface area contributed by atoms with Crippen LogP contribution in [0.25, 0.3) is 0 Å². The number of aryl methyl sites for hydroxylation is 2. The van der Waals surface area contributed by atoms with Crippen LogP contribution in [-0.2, 0) is 0 Å². The molecule has 0 aliphatic carbocycles.